The van der Waals surface area contributed by atoms with E-state index in [1.165, 1.54) is 5.69 Å². The summed E-state index contributed by atoms with van der Waals surface area (Å²) in [6.07, 6.45) is 1.99. The lowest BCUT2D eigenvalue weighted by Crippen LogP contribution is -2.44. The van der Waals surface area contributed by atoms with Crippen LogP contribution in [0.15, 0.2) is 22.7 Å². The molecule has 0 bridgehead atoms. The Balaban J connectivity index is 1.97. The highest BCUT2D eigenvalue weighted by molar-refractivity contribution is 9.10. The third kappa shape index (κ3) is 3.70. The monoisotopic (exact) mass is 325 g/mol. The zero-order chi connectivity index (χ0) is 13.8. The molecule has 0 spiro atoms. The molecule has 1 heterocycles. The standard InChI is InChI=1S/C14H20BrN3O/c1-10(19)17-12-4-6-18(7-5-12)13-3-2-11(9-16)14(15)8-13/h2-3,8,12H,4-7,9,16H2,1H3,(H,17,19). The minimum Gasteiger partial charge on any atom is -0.371 e. The van der Waals surface area contributed by atoms with E-state index in [1.54, 1.807) is 6.92 Å². The first-order chi connectivity index (χ1) is 9.10. The Bertz CT molecular complexity index is 456. The van der Waals surface area contributed by atoms with E-state index in [0.717, 1.165) is 36.0 Å². The summed E-state index contributed by atoms with van der Waals surface area (Å²) < 4.78 is 1.07. The van der Waals surface area contributed by atoms with E-state index in [1.807, 2.05) is 0 Å². The van der Waals surface area contributed by atoms with Crippen LogP contribution >= 0.6 is 15.9 Å². The van der Waals surface area contributed by atoms with Crippen LogP contribution in [0, 0.1) is 0 Å². The van der Waals surface area contributed by atoms with E-state index in [9.17, 15) is 4.79 Å². The summed E-state index contributed by atoms with van der Waals surface area (Å²) in [5, 5.41) is 2.99. The molecule has 0 aliphatic carbocycles. The first-order valence-corrected chi connectivity index (χ1v) is 7.40. The van der Waals surface area contributed by atoms with Crippen molar-refractivity contribution in [3.05, 3.63) is 28.2 Å². The largest absolute Gasteiger partial charge is 0.371 e. The smallest absolute Gasteiger partial charge is 0.217 e. The molecule has 0 radical (unpaired) electrons. The molecule has 1 aliphatic rings. The second-order valence-electron chi connectivity index (χ2n) is 4.94. The molecule has 1 amide bonds. The third-order valence-electron chi connectivity index (χ3n) is 3.52. The second kappa shape index (κ2) is 6.39. The second-order valence-corrected chi connectivity index (χ2v) is 5.80. The first kappa shape index (κ1) is 14.3. The molecule has 19 heavy (non-hydrogen) atoms. The van der Waals surface area contributed by atoms with Crippen molar-refractivity contribution in [3.63, 3.8) is 0 Å². The van der Waals surface area contributed by atoms with Crippen LogP contribution in [-0.4, -0.2) is 25.0 Å². The number of nitrogens with one attached hydrogen (secondary N) is 1. The molecule has 4 nitrogen and oxygen atoms in total. The Labute approximate surface area is 122 Å². The number of carbonyl (C=O) groups is 1. The predicted molar refractivity (Wildman–Crippen MR) is 81.1 cm³/mol. The van der Waals surface area contributed by atoms with Crippen molar-refractivity contribution in [2.75, 3.05) is 18.0 Å². The number of hydrogen-bond donors (Lipinski definition) is 2. The fourth-order valence-electron chi connectivity index (χ4n) is 2.47. The molecule has 3 N–H and O–H groups in total. The fourth-order valence-corrected chi connectivity index (χ4v) is 3.00. The van der Waals surface area contributed by atoms with Gasteiger partial charge in [-0.05, 0) is 30.5 Å². The van der Waals surface area contributed by atoms with Gasteiger partial charge in [0.2, 0.25) is 5.91 Å². The maximum atomic E-state index is 11.0. The highest BCUT2D eigenvalue weighted by Crippen LogP contribution is 2.26. The summed E-state index contributed by atoms with van der Waals surface area (Å²) in [5.41, 5.74) is 8.00. The van der Waals surface area contributed by atoms with Gasteiger partial charge in [-0.3, -0.25) is 4.79 Å². The number of benzene rings is 1. The molecule has 1 saturated heterocycles. The SMILES string of the molecule is CC(=O)NC1CCN(c2ccc(CN)c(Br)c2)CC1. The van der Waals surface area contributed by atoms with Crippen LogP contribution < -0.4 is 16.0 Å². The molecule has 1 aromatic rings. The quantitative estimate of drug-likeness (QED) is 0.893. The highest BCUT2D eigenvalue weighted by Gasteiger charge is 2.20. The minimum atomic E-state index is 0.0634. The zero-order valence-electron chi connectivity index (χ0n) is 11.2. The molecule has 104 valence electrons. The van der Waals surface area contributed by atoms with Crippen LogP contribution in [0.3, 0.4) is 0 Å². The van der Waals surface area contributed by atoms with Gasteiger partial charge in [0.05, 0.1) is 0 Å². The van der Waals surface area contributed by atoms with Crippen LogP contribution in [0.25, 0.3) is 0 Å². The van der Waals surface area contributed by atoms with Crippen molar-refractivity contribution in [2.24, 2.45) is 5.73 Å². The number of anilines is 1. The molecule has 1 aromatic carbocycles. The lowest BCUT2D eigenvalue weighted by atomic mass is 10.0. The number of rotatable bonds is 3. The van der Waals surface area contributed by atoms with Gasteiger partial charge in [0.15, 0.2) is 0 Å². The van der Waals surface area contributed by atoms with Crippen molar-refractivity contribution >= 4 is 27.5 Å². The Kier molecular flexibility index (Phi) is 4.82. The summed E-state index contributed by atoms with van der Waals surface area (Å²) in [6, 6.07) is 6.63. The number of nitrogens with two attached hydrogens (primary N) is 1. The Hall–Kier alpha value is -1.07. The van der Waals surface area contributed by atoms with Crippen molar-refractivity contribution in [1.82, 2.24) is 5.32 Å². The molecule has 0 aromatic heterocycles. The van der Waals surface area contributed by atoms with Gasteiger partial charge in [0, 0.05) is 42.8 Å². The van der Waals surface area contributed by atoms with E-state index < -0.39 is 0 Å². The average molecular weight is 326 g/mol. The Morgan fingerprint density at radius 3 is 2.68 bits per heavy atom. The molecule has 0 atom stereocenters. The number of hydrogen-bond acceptors (Lipinski definition) is 3. The zero-order valence-corrected chi connectivity index (χ0v) is 12.7. The van der Waals surface area contributed by atoms with Crippen LogP contribution in [-0.2, 0) is 11.3 Å². The van der Waals surface area contributed by atoms with Gasteiger partial charge in [-0.1, -0.05) is 22.0 Å². The molecule has 1 aliphatic heterocycles. The van der Waals surface area contributed by atoms with Gasteiger partial charge in [0.1, 0.15) is 0 Å². The third-order valence-corrected chi connectivity index (χ3v) is 4.26. The van der Waals surface area contributed by atoms with E-state index in [4.69, 9.17) is 5.73 Å². The first-order valence-electron chi connectivity index (χ1n) is 6.60. The number of halogens is 1. The molecular weight excluding hydrogens is 306 g/mol. The summed E-state index contributed by atoms with van der Waals surface area (Å²) in [6.45, 7) is 4.07. The van der Waals surface area contributed by atoms with E-state index >= 15 is 0 Å². The summed E-state index contributed by atoms with van der Waals surface area (Å²) in [4.78, 5) is 13.4. The highest BCUT2D eigenvalue weighted by atomic mass is 79.9. The van der Waals surface area contributed by atoms with Gasteiger partial charge in [-0.15, -0.1) is 0 Å². The maximum Gasteiger partial charge on any atom is 0.217 e. The van der Waals surface area contributed by atoms with E-state index in [2.05, 4.69) is 44.3 Å². The summed E-state index contributed by atoms with van der Waals surface area (Å²) in [5.74, 6) is 0.0634. The van der Waals surface area contributed by atoms with E-state index in [-0.39, 0.29) is 5.91 Å². The summed E-state index contributed by atoms with van der Waals surface area (Å²) in [7, 11) is 0. The van der Waals surface area contributed by atoms with Crippen LogP contribution in [0.2, 0.25) is 0 Å². The van der Waals surface area contributed by atoms with Gasteiger partial charge in [-0.25, -0.2) is 0 Å². The van der Waals surface area contributed by atoms with Gasteiger partial charge in [0.25, 0.3) is 0 Å². The molecule has 1 fully saturated rings. The molecular formula is C14H20BrN3O. The minimum absolute atomic E-state index is 0.0634. The molecule has 2 rings (SSSR count). The number of piperidine rings is 1. The number of nitrogens with zero attached hydrogens (tertiary/aromatic N) is 1. The van der Waals surface area contributed by atoms with Gasteiger partial charge >= 0.3 is 0 Å². The predicted octanol–water partition coefficient (Wildman–Crippen LogP) is 2.01. The Morgan fingerprint density at radius 2 is 2.16 bits per heavy atom. The van der Waals surface area contributed by atoms with E-state index in [0.29, 0.717) is 12.6 Å². The van der Waals surface area contributed by atoms with Gasteiger partial charge in [-0.2, -0.15) is 0 Å². The van der Waals surface area contributed by atoms with Crippen molar-refractivity contribution in [2.45, 2.75) is 32.4 Å². The molecule has 0 saturated carbocycles. The molecule has 0 unspecified atom stereocenters. The Morgan fingerprint density at radius 1 is 1.47 bits per heavy atom. The van der Waals surface area contributed by atoms with Crippen LogP contribution in [0.4, 0.5) is 5.69 Å². The molecule has 5 heteroatoms. The van der Waals surface area contributed by atoms with Crippen molar-refractivity contribution in [1.29, 1.82) is 0 Å². The van der Waals surface area contributed by atoms with Crippen LogP contribution in [0.5, 0.6) is 0 Å². The lowest BCUT2D eigenvalue weighted by Gasteiger charge is -2.34. The van der Waals surface area contributed by atoms with Crippen molar-refractivity contribution in [3.8, 4) is 0 Å². The van der Waals surface area contributed by atoms with Crippen LogP contribution in [0.1, 0.15) is 25.3 Å². The number of carbonyl (C=O) groups excluding carboxylic acids is 1. The number of amides is 1. The maximum absolute atomic E-state index is 11.0. The fraction of sp³-hybridized carbons (Fsp3) is 0.500. The summed E-state index contributed by atoms with van der Waals surface area (Å²) >= 11 is 3.55. The van der Waals surface area contributed by atoms with Gasteiger partial charge < -0.3 is 16.0 Å². The topological polar surface area (TPSA) is 58.4 Å². The normalized spacial score (nSPS) is 16.5. The van der Waals surface area contributed by atoms with Crippen molar-refractivity contribution < 1.29 is 4.79 Å². The average Bonchev–Trinajstić information content (AvgIpc) is 2.39. The lowest BCUT2D eigenvalue weighted by molar-refractivity contribution is -0.119.